The zero-order valence-corrected chi connectivity index (χ0v) is 19.0. The summed E-state index contributed by atoms with van der Waals surface area (Å²) < 4.78 is -0.359. The summed E-state index contributed by atoms with van der Waals surface area (Å²) in [6.07, 6.45) is 0. The Morgan fingerprint density at radius 2 is 1.26 bits per heavy atom. The van der Waals surface area contributed by atoms with E-state index in [9.17, 15) is 4.79 Å². The molecule has 0 aliphatic heterocycles. The monoisotopic (exact) mass is 433 g/mol. The van der Waals surface area contributed by atoms with Crippen molar-refractivity contribution in [1.82, 2.24) is 16.0 Å². The minimum absolute atomic E-state index is 0.0159. The molecular formula is C26H31N3OS. The largest absolute Gasteiger partial charge is 0.354 e. The van der Waals surface area contributed by atoms with Gasteiger partial charge in [-0.05, 0) is 30.8 Å². The van der Waals surface area contributed by atoms with Crippen LogP contribution in [0.25, 0.3) is 0 Å². The maximum Gasteiger partial charge on any atom is 0.238 e. The number of nitrogens with one attached hydrogen (secondary N) is 3. The number of carbonyl (C=O) groups is 1. The number of likely N-dealkylation sites (N-methyl/N-ethyl adjacent to an activating group) is 2. The van der Waals surface area contributed by atoms with Crippen LogP contribution in [0.4, 0.5) is 0 Å². The molecule has 3 N–H and O–H groups in total. The van der Waals surface area contributed by atoms with Gasteiger partial charge in [-0.15, -0.1) is 11.8 Å². The summed E-state index contributed by atoms with van der Waals surface area (Å²) in [6, 6.07) is 31.6. The maximum atomic E-state index is 12.5. The molecule has 1 amide bonds. The zero-order valence-electron chi connectivity index (χ0n) is 18.2. The first kappa shape index (κ1) is 23.1. The van der Waals surface area contributed by atoms with E-state index in [0.717, 1.165) is 5.75 Å². The molecule has 0 unspecified atom stereocenters. The molecule has 162 valence electrons. The highest BCUT2D eigenvalue weighted by molar-refractivity contribution is 8.00. The Hall–Kier alpha value is -2.60. The second-order valence-corrected chi connectivity index (χ2v) is 8.63. The molecule has 0 heterocycles. The second-order valence-electron chi connectivity index (χ2n) is 7.32. The van der Waals surface area contributed by atoms with Crippen LogP contribution in [-0.2, 0) is 9.54 Å². The summed E-state index contributed by atoms with van der Waals surface area (Å²) in [5.74, 6) is 0.794. The van der Waals surface area contributed by atoms with Gasteiger partial charge in [0.15, 0.2) is 0 Å². The van der Waals surface area contributed by atoms with Crippen molar-refractivity contribution >= 4 is 17.7 Å². The molecule has 0 saturated heterocycles. The third-order valence-electron chi connectivity index (χ3n) is 5.33. The topological polar surface area (TPSA) is 53.2 Å². The van der Waals surface area contributed by atoms with Crippen LogP contribution in [0.15, 0.2) is 91.0 Å². The van der Waals surface area contributed by atoms with Crippen LogP contribution in [0.1, 0.15) is 16.7 Å². The molecule has 1 atom stereocenters. The van der Waals surface area contributed by atoms with Crippen LogP contribution in [-0.4, -0.2) is 44.9 Å². The van der Waals surface area contributed by atoms with Gasteiger partial charge in [-0.25, -0.2) is 0 Å². The number of carbonyl (C=O) groups excluding carboxylic acids is 1. The second kappa shape index (κ2) is 11.7. The summed E-state index contributed by atoms with van der Waals surface area (Å²) in [7, 11) is 3.66. The Kier molecular flexibility index (Phi) is 8.71. The first-order chi connectivity index (χ1) is 15.2. The van der Waals surface area contributed by atoms with Crippen molar-refractivity contribution < 1.29 is 4.79 Å². The molecule has 0 fully saturated rings. The van der Waals surface area contributed by atoms with E-state index in [1.54, 1.807) is 0 Å². The van der Waals surface area contributed by atoms with E-state index < -0.39 is 0 Å². The lowest BCUT2D eigenvalue weighted by Gasteiger charge is -2.35. The minimum Gasteiger partial charge on any atom is -0.354 e. The molecule has 3 rings (SSSR count). The summed E-state index contributed by atoms with van der Waals surface area (Å²) in [4.78, 5) is 12.5. The van der Waals surface area contributed by atoms with Crippen LogP contribution in [0.2, 0.25) is 0 Å². The van der Waals surface area contributed by atoms with Crippen molar-refractivity contribution in [2.24, 2.45) is 0 Å². The van der Waals surface area contributed by atoms with Crippen molar-refractivity contribution in [3.63, 3.8) is 0 Å². The third kappa shape index (κ3) is 5.56. The fourth-order valence-electron chi connectivity index (χ4n) is 3.80. The van der Waals surface area contributed by atoms with E-state index >= 15 is 0 Å². The molecule has 0 aromatic heterocycles. The molecule has 4 nitrogen and oxygen atoms in total. The number of benzene rings is 3. The number of rotatable bonds is 11. The molecule has 0 aliphatic carbocycles. The zero-order chi connectivity index (χ0) is 21.9. The predicted octanol–water partition coefficient (Wildman–Crippen LogP) is 3.64. The Morgan fingerprint density at radius 3 is 1.65 bits per heavy atom. The molecule has 0 aliphatic rings. The Morgan fingerprint density at radius 1 is 0.806 bits per heavy atom. The average molecular weight is 434 g/mol. The van der Waals surface area contributed by atoms with Crippen molar-refractivity contribution in [2.75, 3.05) is 32.9 Å². The van der Waals surface area contributed by atoms with Gasteiger partial charge in [0.1, 0.15) is 0 Å². The van der Waals surface area contributed by atoms with Crippen LogP contribution < -0.4 is 16.0 Å². The van der Waals surface area contributed by atoms with Crippen LogP contribution >= 0.6 is 11.8 Å². The van der Waals surface area contributed by atoms with Gasteiger partial charge in [-0.1, -0.05) is 91.0 Å². The van der Waals surface area contributed by atoms with Crippen molar-refractivity contribution in [3.8, 4) is 0 Å². The van der Waals surface area contributed by atoms with Gasteiger partial charge >= 0.3 is 0 Å². The van der Waals surface area contributed by atoms with Crippen molar-refractivity contribution in [2.45, 2.75) is 10.8 Å². The summed E-state index contributed by atoms with van der Waals surface area (Å²) in [5.41, 5.74) is 3.69. The van der Waals surface area contributed by atoms with E-state index in [4.69, 9.17) is 0 Å². The van der Waals surface area contributed by atoms with Gasteiger partial charge in [0.25, 0.3) is 0 Å². The van der Waals surface area contributed by atoms with Crippen LogP contribution in [0.3, 0.4) is 0 Å². The molecule has 0 radical (unpaired) electrons. The van der Waals surface area contributed by atoms with Crippen LogP contribution in [0.5, 0.6) is 0 Å². The lowest BCUT2D eigenvalue weighted by atomic mass is 9.84. The van der Waals surface area contributed by atoms with Gasteiger partial charge in [0.2, 0.25) is 5.91 Å². The highest BCUT2D eigenvalue weighted by Gasteiger charge is 2.36. The van der Waals surface area contributed by atoms with E-state index in [1.807, 2.05) is 25.9 Å². The van der Waals surface area contributed by atoms with Gasteiger partial charge in [-0.3, -0.25) is 4.79 Å². The van der Waals surface area contributed by atoms with Gasteiger partial charge < -0.3 is 16.0 Å². The quantitative estimate of drug-likeness (QED) is 0.319. The standard InChI is InChI=1S/C26H31N3OS/c1-27-20-24(28-2)25(30)29-18-19-31-26(21-12-6-3-7-13-21,22-14-8-4-9-15-22)23-16-10-5-11-17-23/h3-17,24,27-28H,18-20H2,1-2H3,(H,29,30)/t24-/m0/s1. The molecule has 5 heteroatoms. The van der Waals surface area contributed by atoms with E-state index in [-0.39, 0.29) is 16.7 Å². The number of hydrogen-bond acceptors (Lipinski definition) is 4. The fourth-order valence-corrected chi connectivity index (χ4v) is 5.22. The molecule has 0 spiro atoms. The van der Waals surface area contributed by atoms with Gasteiger partial charge in [0.05, 0.1) is 10.8 Å². The lowest BCUT2D eigenvalue weighted by molar-refractivity contribution is -0.122. The van der Waals surface area contributed by atoms with E-state index in [1.165, 1.54) is 16.7 Å². The molecule has 31 heavy (non-hydrogen) atoms. The van der Waals surface area contributed by atoms with Crippen LogP contribution in [0, 0.1) is 0 Å². The number of amides is 1. The third-order valence-corrected chi connectivity index (χ3v) is 6.88. The van der Waals surface area contributed by atoms with Crippen molar-refractivity contribution in [1.29, 1.82) is 0 Å². The maximum absolute atomic E-state index is 12.5. The molecule has 0 bridgehead atoms. The summed E-state index contributed by atoms with van der Waals surface area (Å²) >= 11 is 1.85. The molecule has 0 saturated carbocycles. The van der Waals surface area contributed by atoms with Gasteiger partial charge in [0, 0.05) is 18.8 Å². The lowest BCUT2D eigenvalue weighted by Crippen LogP contribution is -2.48. The minimum atomic E-state index is -0.359. The Bertz CT molecular complexity index is 822. The summed E-state index contributed by atoms with van der Waals surface area (Å²) in [5, 5.41) is 9.19. The SMILES string of the molecule is CNC[C@H](NC)C(=O)NCCSC(c1ccccc1)(c1ccccc1)c1ccccc1. The predicted molar refractivity (Wildman–Crippen MR) is 131 cm³/mol. The highest BCUT2D eigenvalue weighted by atomic mass is 32.2. The highest BCUT2D eigenvalue weighted by Crippen LogP contribution is 2.48. The van der Waals surface area contributed by atoms with E-state index in [2.05, 4.69) is 107 Å². The Labute approximate surface area is 189 Å². The number of hydrogen-bond donors (Lipinski definition) is 3. The normalized spacial score (nSPS) is 12.3. The molecule has 3 aromatic rings. The van der Waals surface area contributed by atoms with Gasteiger partial charge in [-0.2, -0.15) is 0 Å². The molecule has 3 aromatic carbocycles. The van der Waals surface area contributed by atoms with Crippen molar-refractivity contribution in [3.05, 3.63) is 108 Å². The smallest absolute Gasteiger partial charge is 0.238 e. The first-order valence-corrected chi connectivity index (χ1v) is 11.6. The average Bonchev–Trinajstić information content (AvgIpc) is 2.84. The Balaban J connectivity index is 1.89. The van der Waals surface area contributed by atoms with E-state index in [0.29, 0.717) is 13.1 Å². The summed E-state index contributed by atoms with van der Waals surface area (Å²) in [6.45, 7) is 1.19. The fraction of sp³-hybridized carbons (Fsp3) is 0.269. The first-order valence-electron chi connectivity index (χ1n) is 10.6. The number of thioether (sulfide) groups is 1. The molecular weight excluding hydrogens is 402 g/mol.